The van der Waals surface area contributed by atoms with E-state index < -0.39 is 0 Å². The zero-order chi connectivity index (χ0) is 19.6. The van der Waals surface area contributed by atoms with Gasteiger partial charge in [-0.3, -0.25) is 4.79 Å². The van der Waals surface area contributed by atoms with Gasteiger partial charge in [-0.25, -0.2) is 0 Å². The molecule has 0 spiro atoms. The molecule has 0 aliphatic heterocycles. The predicted octanol–water partition coefficient (Wildman–Crippen LogP) is 5.05. The highest BCUT2D eigenvalue weighted by Gasteiger charge is 2.21. The molecule has 0 aliphatic rings. The van der Waals surface area contributed by atoms with Crippen LogP contribution in [-0.2, 0) is 6.61 Å². The lowest BCUT2D eigenvalue weighted by Gasteiger charge is -2.12. The molecule has 1 heterocycles. The van der Waals surface area contributed by atoms with E-state index in [1.807, 2.05) is 64.1 Å². The van der Waals surface area contributed by atoms with Crippen LogP contribution in [0.5, 0.6) is 5.75 Å². The van der Waals surface area contributed by atoms with Crippen molar-refractivity contribution in [2.24, 2.45) is 0 Å². The van der Waals surface area contributed by atoms with Gasteiger partial charge in [0.2, 0.25) is 0 Å². The highest BCUT2D eigenvalue weighted by molar-refractivity contribution is 6.04. The van der Waals surface area contributed by atoms with Gasteiger partial charge in [0.25, 0.3) is 5.91 Å². The van der Waals surface area contributed by atoms with Crippen LogP contribution in [0.4, 0.5) is 5.69 Å². The van der Waals surface area contributed by atoms with Crippen LogP contribution in [0.1, 0.15) is 44.1 Å². The maximum absolute atomic E-state index is 12.8. The van der Waals surface area contributed by atoms with E-state index in [1.165, 1.54) is 0 Å². The minimum absolute atomic E-state index is 0.219. The van der Waals surface area contributed by atoms with E-state index in [-0.39, 0.29) is 18.2 Å². The summed E-state index contributed by atoms with van der Waals surface area (Å²) in [5.41, 5.74) is 5.83. The first-order valence-electron chi connectivity index (χ1n) is 8.89. The maximum Gasteiger partial charge on any atom is 0.278 e. The molecule has 5 heteroatoms. The second-order valence-electron chi connectivity index (χ2n) is 6.85. The van der Waals surface area contributed by atoms with Gasteiger partial charge >= 0.3 is 0 Å². The smallest absolute Gasteiger partial charge is 0.278 e. The Morgan fingerprint density at radius 3 is 2.44 bits per heavy atom. The molecule has 140 valence electrons. The lowest BCUT2D eigenvalue weighted by molar-refractivity contribution is 0.101. The van der Waals surface area contributed by atoms with Gasteiger partial charge in [0.05, 0.1) is 5.56 Å². The number of amides is 1. The Labute approximate surface area is 159 Å². The van der Waals surface area contributed by atoms with E-state index in [0.29, 0.717) is 11.3 Å². The molecule has 0 aliphatic carbocycles. The SMILES string of the molecule is Cc1ccc(C)c(NC(=O)c2noc(C)c2COc2c(C)cccc2C)c1. The first-order valence-corrected chi connectivity index (χ1v) is 8.89. The van der Waals surface area contributed by atoms with Crippen molar-refractivity contribution in [2.75, 3.05) is 5.32 Å². The van der Waals surface area contributed by atoms with Crippen molar-refractivity contribution in [1.29, 1.82) is 0 Å². The molecular weight excluding hydrogens is 340 g/mol. The van der Waals surface area contributed by atoms with Gasteiger partial charge in [0, 0.05) is 5.69 Å². The van der Waals surface area contributed by atoms with Gasteiger partial charge in [0.15, 0.2) is 5.69 Å². The predicted molar refractivity (Wildman–Crippen MR) is 105 cm³/mol. The first-order chi connectivity index (χ1) is 12.9. The van der Waals surface area contributed by atoms with Gasteiger partial charge in [-0.15, -0.1) is 0 Å². The molecule has 0 bridgehead atoms. The van der Waals surface area contributed by atoms with Crippen LogP contribution in [0.3, 0.4) is 0 Å². The first kappa shape index (κ1) is 18.7. The summed E-state index contributed by atoms with van der Waals surface area (Å²) in [4.78, 5) is 12.8. The topological polar surface area (TPSA) is 64.4 Å². The second kappa shape index (κ2) is 7.66. The molecule has 27 heavy (non-hydrogen) atoms. The quantitative estimate of drug-likeness (QED) is 0.688. The fourth-order valence-electron chi connectivity index (χ4n) is 2.96. The van der Waals surface area contributed by atoms with Crippen LogP contribution in [0.25, 0.3) is 0 Å². The Kier molecular flexibility index (Phi) is 5.31. The number of para-hydroxylation sites is 1. The number of benzene rings is 2. The normalized spacial score (nSPS) is 10.7. The van der Waals surface area contributed by atoms with E-state index >= 15 is 0 Å². The Morgan fingerprint density at radius 1 is 1.04 bits per heavy atom. The zero-order valence-electron chi connectivity index (χ0n) is 16.3. The fourth-order valence-corrected chi connectivity index (χ4v) is 2.96. The Bertz CT molecular complexity index is 969. The van der Waals surface area contributed by atoms with E-state index in [2.05, 4.69) is 10.5 Å². The molecule has 1 N–H and O–H groups in total. The van der Waals surface area contributed by atoms with Crippen molar-refractivity contribution < 1.29 is 14.1 Å². The molecule has 0 atom stereocenters. The van der Waals surface area contributed by atoms with Crippen LogP contribution >= 0.6 is 0 Å². The molecule has 3 aromatic rings. The molecule has 1 amide bonds. The van der Waals surface area contributed by atoms with Crippen molar-refractivity contribution in [2.45, 2.75) is 41.2 Å². The summed E-state index contributed by atoms with van der Waals surface area (Å²) in [7, 11) is 0. The number of aromatic nitrogens is 1. The van der Waals surface area contributed by atoms with Gasteiger partial charge in [-0.2, -0.15) is 0 Å². The number of nitrogens with one attached hydrogen (secondary N) is 1. The standard InChI is InChI=1S/C22H24N2O3/c1-13-9-10-14(2)19(11-13)23-22(25)20-18(17(5)27-24-20)12-26-21-15(3)7-6-8-16(21)4/h6-11H,12H2,1-5H3,(H,23,25). The molecule has 2 aromatic carbocycles. The van der Waals surface area contributed by atoms with Gasteiger partial charge in [-0.1, -0.05) is 35.5 Å². The molecule has 0 saturated heterocycles. The lowest BCUT2D eigenvalue weighted by atomic mass is 10.1. The van der Waals surface area contributed by atoms with E-state index in [1.54, 1.807) is 6.92 Å². The monoisotopic (exact) mass is 364 g/mol. The number of hydrogen-bond donors (Lipinski definition) is 1. The number of carbonyl (C=O) groups is 1. The lowest BCUT2D eigenvalue weighted by Crippen LogP contribution is -2.16. The van der Waals surface area contributed by atoms with Gasteiger partial charge in [-0.05, 0) is 62.9 Å². The third kappa shape index (κ3) is 4.03. The zero-order valence-corrected chi connectivity index (χ0v) is 16.3. The van der Waals surface area contributed by atoms with Gasteiger partial charge in [0.1, 0.15) is 18.1 Å². The minimum atomic E-state index is -0.305. The van der Waals surface area contributed by atoms with Crippen LogP contribution in [0.2, 0.25) is 0 Å². The molecule has 0 unspecified atom stereocenters. The number of carbonyl (C=O) groups excluding carboxylic acids is 1. The van der Waals surface area contributed by atoms with Crippen molar-refractivity contribution in [3.63, 3.8) is 0 Å². The van der Waals surface area contributed by atoms with Crippen molar-refractivity contribution in [1.82, 2.24) is 5.16 Å². The summed E-state index contributed by atoms with van der Waals surface area (Å²) in [5, 5.41) is 6.88. The van der Waals surface area contributed by atoms with Crippen LogP contribution in [0, 0.1) is 34.6 Å². The number of rotatable bonds is 5. The summed E-state index contributed by atoms with van der Waals surface area (Å²) >= 11 is 0. The summed E-state index contributed by atoms with van der Waals surface area (Å²) in [5.74, 6) is 1.09. The number of ether oxygens (including phenoxy) is 1. The summed E-state index contributed by atoms with van der Waals surface area (Å²) in [6.45, 7) is 9.93. The van der Waals surface area contributed by atoms with Crippen molar-refractivity contribution in [3.05, 3.63) is 75.7 Å². The maximum atomic E-state index is 12.8. The molecular formula is C22H24N2O3. The number of nitrogens with zero attached hydrogens (tertiary/aromatic N) is 1. The van der Waals surface area contributed by atoms with E-state index in [4.69, 9.17) is 9.26 Å². The molecule has 0 radical (unpaired) electrons. The Balaban J connectivity index is 1.82. The molecule has 3 rings (SSSR count). The molecule has 5 nitrogen and oxygen atoms in total. The van der Waals surface area contributed by atoms with Crippen molar-refractivity contribution in [3.8, 4) is 5.75 Å². The largest absolute Gasteiger partial charge is 0.488 e. The van der Waals surface area contributed by atoms with Crippen molar-refractivity contribution >= 4 is 11.6 Å². The van der Waals surface area contributed by atoms with Crippen LogP contribution < -0.4 is 10.1 Å². The fraction of sp³-hybridized carbons (Fsp3) is 0.273. The number of hydrogen-bond acceptors (Lipinski definition) is 4. The highest BCUT2D eigenvalue weighted by atomic mass is 16.5. The summed E-state index contributed by atoms with van der Waals surface area (Å²) in [6, 6.07) is 11.9. The average Bonchev–Trinajstić information content (AvgIpc) is 2.98. The average molecular weight is 364 g/mol. The number of anilines is 1. The van der Waals surface area contributed by atoms with E-state index in [9.17, 15) is 4.79 Å². The Morgan fingerprint density at radius 2 is 1.74 bits per heavy atom. The van der Waals surface area contributed by atoms with Crippen LogP contribution in [-0.4, -0.2) is 11.1 Å². The van der Waals surface area contributed by atoms with E-state index in [0.717, 1.165) is 33.7 Å². The molecule has 1 aromatic heterocycles. The minimum Gasteiger partial charge on any atom is -0.488 e. The highest BCUT2D eigenvalue weighted by Crippen LogP contribution is 2.25. The summed E-state index contributed by atoms with van der Waals surface area (Å²) < 4.78 is 11.3. The third-order valence-corrected chi connectivity index (χ3v) is 4.61. The third-order valence-electron chi connectivity index (χ3n) is 4.61. The second-order valence-corrected chi connectivity index (χ2v) is 6.85. The number of aryl methyl sites for hydroxylation is 5. The van der Waals surface area contributed by atoms with Crippen LogP contribution in [0.15, 0.2) is 40.9 Å². The Hall–Kier alpha value is -3.08. The molecule has 0 saturated carbocycles. The molecule has 0 fully saturated rings. The van der Waals surface area contributed by atoms with Gasteiger partial charge < -0.3 is 14.6 Å². The summed E-state index contributed by atoms with van der Waals surface area (Å²) in [6.07, 6.45) is 0.